The molecule has 3 aromatic heterocycles. The van der Waals surface area contributed by atoms with Crippen LogP contribution in [0.3, 0.4) is 0 Å². The molecule has 0 bridgehead atoms. The number of aryl methyl sites for hydroxylation is 1. The number of aromatic nitrogens is 5. The van der Waals surface area contributed by atoms with Crippen LogP contribution in [0.5, 0.6) is 0 Å². The molecule has 1 aromatic carbocycles. The van der Waals surface area contributed by atoms with Gasteiger partial charge in [0.25, 0.3) is 0 Å². The Morgan fingerprint density at radius 1 is 1.05 bits per heavy atom. The summed E-state index contributed by atoms with van der Waals surface area (Å²) in [5, 5.41) is 8.84. The van der Waals surface area contributed by atoms with Crippen LogP contribution in [0.25, 0.3) is 33.6 Å². The van der Waals surface area contributed by atoms with E-state index in [1.54, 1.807) is 18.5 Å². The van der Waals surface area contributed by atoms with Crippen LogP contribution in [0.15, 0.2) is 91.8 Å². The molecule has 1 aliphatic heterocycles. The minimum atomic E-state index is 0.725. The molecule has 0 atom stereocenters. The summed E-state index contributed by atoms with van der Waals surface area (Å²) in [6.07, 6.45) is 16.3. The summed E-state index contributed by atoms with van der Waals surface area (Å²) < 4.78 is 0. The predicted octanol–water partition coefficient (Wildman–Crippen LogP) is 7.91. The standard InChI is InChI=1S/C32H34N6.C2H6/c1-5-10-27(25-13-15-33-16-14-25)30-22(4)34-32(35-30)31-28-20-26(11-12-29(28)36-37-31)24(7-3)19-23(6-2)21-38-17-8-9-18-38;1-2/h5-7,10-16,19-20H,1-2,8-9,17-18,21H2,3-4H3,(H,34,35)(H,36,37);1-2H3/b23-19+,24-7+,27-10-;. The summed E-state index contributed by atoms with van der Waals surface area (Å²) in [4.78, 5) is 15.1. The van der Waals surface area contributed by atoms with Crippen LogP contribution < -0.4 is 0 Å². The molecule has 4 heterocycles. The van der Waals surface area contributed by atoms with Gasteiger partial charge in [-0.25, -0.2) is 4.98 Å². The van der Waals surface area contributed by atoms with Crippen molar-refractivity contribution < 1.29 is 0 Å². The van der Waals surface area contributed by atoms with Gasteiger partial charge in [0.15, 0.2) is 5.82 Å². The monoisotopic (exact) mass is 532 g/mol. The van der Waals surface area contributed by atoms with Gasteiger partial charge in [-0.2, -0.15) is 5.10 Å². The summed E-state index contributed by atoms with van der Waals surface area (Å²) in [6.45, 7) is 19.4. The number of rotatable bonds is 9. The molecule has 0 aliphatic carbocycles. The second kappa shape index (κ2) is 13.7. The highest BCUT2D eigenvalue weighted by molar-refractivity contribution is 5.95. The summed E-state index contributed by atoms with van der Waals surface area (Å²) in [6, 6.07) is 10.4. The maximum atomic E-state index is 4.99. The molecule has 2 N–H and O–H groups in total. The third-order valence-electron chi connectivity index (χ3n) is 7.06. The zero-order valence-corrected chi connectivity index (χ0v) is 24.2. The molecule has 40 heavy (non-hydrogen) atoms. The van der Waals surface area contributed by atoms with E-state index in [-0.39, 0.29) is 0 Å². The molecule has 4 aromatic rings. The Labute approximate surface area is 238 Å². The average molecular weight is 533 g/mol. The lowest BCUT2D eigenvalue weighted by atomic mass is 10.00. The van der Waals surface area contributed by atoms with Gasteiger partial charge in [-0.3, -0.25) is 15.0 Å². The van der Waals surface area contributed by atoms with Gasteiger partial charge >= 0.3 is 0 Å². The van der Waals surface area contributed by atoms with Crippen molar-refractivity contribution in [1.82, 2.24) is 30.0 Å². The Hall–Kier alpha value is -4.29. The first-order valence-corrected chi connectivity index (χ1v) is 14.1. The number of benzene rings is 1. The summed E-state index contributed by atoms with van der Waals surface area (Å²) in [5.41, 5.74) is 9.15. The topological polar surface area (TPSA) is 73.5 Å². The second-order valence-electron chi connectivity index (χ2n) is 9.59. The first kappa shape index (κ1) is 28.7. The van der Waals surface area contributed by atoms with Crippen molar-refractivity contribution in [3.05, 3.63) is 114 Å². The van der Waals surface area contributed by atoms with Crippen LogP contribution in [-0.4, -0.2) is 49.7 Å². The fraction of sp³-hybridized carbons (Fsp3) is 0.265. The predicted molar refractivity (Wildman–Crippen MR) is 169 cm³/mol. The number of likely N-dealkylation sites (tertiary alicyclic amines) is 1. The third kappa shape index (κ3) is 6.29. The van der Waals surface area contributed by atoms with Gasteiger partial charge < -0.3 is 4.98 Å². The zero-order chi connectivity index (χ0) is 28.5. The molecular weight excluding hydrogens is 492 g/mol. The van der Waals surface area contributed by atoms with Crippen molar-refractivity contribution in [2.75, 3.05) is 19.6 Å². The Balaban J connectivity index is 0.00000181. The van der Waals surface area contributed by atoms with Gasteiger partial charge in [0.2, 0.25) is 0 Å². The number of fused-ring (bicyclic) bond motifs is 1. The summed E-state index contributed by atoms with van der Waals surface area (Å²) in [7, 11) is 0. The Morgan fingerprint density at radius 3 is 2.48 bits per heavy atom. The van der Waals surface area contributed by atoms with Gasteiger partial charge in [0.1, 0.15) is 5.69 Å². The van der Waals surface area contributed by atoms with E-state index >= 15 is 0 Å². The molecule has 1 fully saturated rings. The van der Waals surface area contributed by atoms with Gasteiger partial charge in [-0.1, -0.05) is 63.5 Å². The van der Waals surface area contributed by atoms with E-state index in [0.29, 0.717) is 0 Å². The van der Waals surface area contributed by atoms with Crippen LogP contribution in [0.2, 0.25) is 0 Å². The minimum absolute atomic E-state index is 0.725. The molecule has 6 nitrogen and oxygen atoms in total. The molecule has 1 aliphatic rings. The van der Waals surface area contributed by atoms with E-state index in [1.807, 2.05) is 45.1 Å². The van der Waals surface area contributed by atoms with E-state index in [9.17, 15) is 0 Å². The lowest BCUT2D eigenvalue weighted by Gasteiger charge is -2.15. The van der Waals surface area contributed by atoms with E-state index < -0.39 is 0 Å². The third-order valence-corrected chi connectivity index (χ3v) is 7.06. The summed E-state index contributed by atoms with van der Waals surface area (Å²) >= 11 is 0. The van der Waals surface area contributed by atoms with Crippen molar-refractivity contribution in [1.29, 1.82) is 0 Å². The van der Waals surface area contributed by atoms with Crippen LogP contribution >= 0.6 is 0 Å². The van der Waals surface area contributed by atoms with Crippen LogP contribution in [0.4, 0.5) is 0 Å². The molecule has 0 unspecified atom stereocenters. The lowest BCUT2D eigenvalue weighted by molar-refractivity contribution is 0.371. The Kier molecular flexibility index (Phi) is 9.81. The van der Waals surface area contributed by atoms with E-state index in [2.05, 4.69) is 75.5 Å². The smallest absolute Gasteiger partial charge is 0.159 e. The van der Waals surface area contributed by atoms with Gasteiger partial charge in [-0.15, -0.1) is 0 Å². The number of allylic oxidation sites excluding steroid dienone is 5. The first-order valence-electron chi connectivity index (χ1n) is 14.1. The van der Waals surface area contributed by atoms with Gasteiger partial charge in [0, 0.05) is 35.6 Å². The number of nitrogens with one attached hydrogen (secondary N) is 2. The van der Waals surface area contributed by atoms with Crippen molar-refractivity contribution in [2.45, 2.75) is 40.5 Å². The van der Waals surface area contributed by atoms with Crippen molar-refractivity contribution in [3.63, 3.8) is 0 Å². The van der Waals surface area contributed by atoms with Crippen LogP contribution in [0, 0.1) is 6.92 Å². The second-order valence-corrected chi connectivity index (χ2v) is 9.59. The van der Waals surface area contributed by atoms with Crippen molar-refractivity contribution in [2.24, 2.45) is 0 Å². The molecule has 5 rings (SSSR count). The Morgan fingerprint density at radius 2 is 1.80 bits per heavy atom. The highest BCUT2D eigenvalue weighted by atomic mass is 15.1. The normalized spacial score (nSPS) is 14.8. The number of H-pyrrole nitrogens is 2. The number of hydrogen-bond acceptors (Lipinski definition) is 4. The number of pyridine rings is 1. The first-order chi connectivity index (χ1) is 19.6. The van der Waals surface area contributed by atoms with Crippen LogP contribution in [-0.2, 0) is 0 Å². The number of nitrogens with zero attached hydrogens (tertiary/aromatic N) is 4. The highest BCUT2D eigenvalue weighted by Crippen LogP contribution is 2.32. The highest BCUT2D eigenvalue weighted by Gasteiger charge is 2.18. The lowest BCUT2D eigenvalue weighted by Crippen LogP contribution is -2.21. The molecule has 0 radical (unpaired) electrons. The molecule has 1 saturated heterocycles. The molecule has 6 heteroatoms. The van der Waals surface area contributed by atoms with Crippen LogP contribution in [0.1, 0.15) is 56.1 Å². The van der Waals surface area contributed by atoms with E-state index in [4.69, 9.17) is 4.98 Å². The molecule has 0 spiro atoms. The van der Waals surface area contributed by atoms with Crippen molar-refractivity contribution in [3.8, 4) is 11.5 Å². The van der Waals surface area contributed by atoms with Crippen molar-refractivity contribution >= 4 is 22.0 Å². The zero-order valence-electron chi connectivity index (χ0n) is 24.2. The Bertz CT molecular complexity index is 1540. The SMILES string of the molecule is C=C/C=C(/c1ccncc1)c1nc(-c2n[nH]c3ccc(C(/C=C(\C=C)CN4CCCC4)=C/C)cc23)[nH]c1C.CC. The number of imidazole rings is 1. The summed E-state index contributed by atoms with van der Waals surface area (Å²) in [5.74, 6) is 0.725. The number of hydrogen-bond donors (Lipinski definition) is 2. The maximum Gasteiger partial charge on any atom is 0.159 e. The minimum Gasteiger partial charge on any atom is -0.340 e. The van der Waals surface area contributed by atoms with Gasteiger partial charge in [0.05, 0.1) is 11.2 Å². The fourth-order valence-electron chi connectivity index (χ4n) is 5.07. The average Bonchev–Trinajstić information content (AvgIpc) is 3.75. The van der Waals surface area contributed by atoms with E-state index in [1.165, 1.54) is 24.0 Å². The largest absolute Gasteiger partial charge is 0.340 e. The quantitative estimate of drug-likeness (QED) is 0.215. The maximum absolute atomic E-state index is 4.99. The fourth-order valence-corrected chi connectivity index (χ4v) is 5.07. The number of aromatic amines is 2. The van der Waals surface area contributed by atoms with E-state index in [0.717, 1.165) is 70.1 Å². The molecule has 0 amide bonds. The molecule has 206 valence electrons. The molecular formula is C34H40N6. The van der Waals surface area contributed by atoms with Gasteiger partial charge in [-0.05, 0) is 86.3 Å². The molecule has 0 saturated carbocycles.